The molecule has 0 bridgehead atoms. The molecule has 0 saturated carbocycles. The van der Waals surface area contributed by atoms with E-state index in [-0.39, 0.29) is 17.9 Å². The van der Waals surface area contributed by atoms with E-state index in [1.807, 2.05) is 43.0 Å². The molecular formula is C24H29N3O2. The van der Waals surface area contributed by atoms with Gasteiger partial charge in [0.25, 0.3) is 5.91 Å². The highest BCUT2D eigenvalue weighted by atomic mass is 16.2. The van der Waals surface area contributed by atoms with Gasteiger partial charge in [-0.3, -0.25) is 9.59 Å². The van der Waals surface area contributed by atoms with Crippen LogP contribution < -0.4 is 10.2 Å². The fourth-order valence-electron chi connectivity index (χ4n) is 4.39. The lowest BCUT2D eigenvalue weighted by Gasteiger charge is -2.35. The zero-order valence-corrected chi connectivity index (χ0v) is 17.3. The van der Waals surface area contributed by atoms with Crippen molar-refractivity contribution in [3.05, 3.63) is 64.7 Å². The van der Waals surface area contributed by atoms with Gasteiger partial charge < -0.3 is 15.1 Å². The molecule has 2 aromatic rings. The largest absolute Gasteiger partial charge is 0.362 e. The number of amides is 2. The summed E-state index contributed by atoms with van der Waals surface area (Å²) >= 11 is 0. The molecule has 2 aliphatic heterocycles. The number of hydrogen-bond donors (Lipinski definition) is 1. The Balaban J connectivity index is 1.50. The number of hydrogen-bond acceptors (Lipinski definition) is 3. The van der Waals surface area contributed by atoms with Gasteiger partial charge in [-0.05, 0) is 61.9 Å². The van der Waals surface area contributed by atoms with Crippen LogP contribution in [0.2, 0.25) is 0 Å². The van der Waals surface area contributed by atoms with Crippen LogP contribution in [0.4, 0.5) is 5.69 Å². The Morgan fingerprint density at radius 3 is 2.59 bits per heavy atom. The van der Waals surface area contributed by atoms with E-state index in [4.69, 9.17) is 0 Å². The van der Waals surface area contributed by atoms with Crippen molar-refractivity contribution in [2.45, 2.75) is 45.7 Å². The summed E-state index contributed by atoms with van der Waals surface area (Å²) in [7, 11) is 0. The van der Waals surface area contributed by atoms with Gasteiger partial charge in [-0.2, -0.15) is 0 Å². The highest BCUT2D eigenvalue weighted by Gasteiger charge is 2.26. The lowest BCUT2D eigenvalue weighted by Crippen LogP contribution is -2.44. The Bertz CT molecular complexity index is 922. The molecule has 0 spiro atoms. The lowest BCUT2D eigenvalue weighted by atomic mass is 9.95. The van der Waals surface area contributed by atoms with Crippen molar-refractivity contribution < 1.29 is 9.59 Å². The second-order valence-corrected chi connectivity index (χ2v) is 8.29. The number of nitrogens with zero attached hydrogens (tertiary/aromatic N) is 2. The Morgan fingerprint density at radius 1 is 1.00 bits per heavy atom. The van der Waals surface area contributed by atoms with Crippen molar-refractivity contribution >= 4 is 17.5 Å². The van der Waals surface area contributed by atoms with Crippen molar-refractivity contribution in [1.29, 1.82) is 0 Å². The van der Waals surface area contributed by atoms with Crippen molar-refractivity contribution in [1.82, 2.24) is 10.2 Å². The molecule has 0 radical (unpaired) electrons. The average Bonchev–Trinajstić information content (AvgIpc) is 2.72. The zero-order chi connectivity index (χ0) is 20.4. The fourth-order valence-corrected chi connectivity index (χ4v) is 4.39. The summed E-state index contributed by atoms with van der Waals surface area (Å²) in [6.07, 6.45) is 2.74. The maximum atomic E-state index is 13.1. The van der Waals surface area contributed by atoms with Gasteiger partial charge in [0, 0.05) is 36.9 Å². The van der Waals surface area contributed by atoms with Gasteiger partial charge in [0.1, 0.15) is 0 Å². The van der Waals surface area contributed by atoms with E-state index in [1.165, 1.54) is 11.1 Å². The van der Waals surface area contributed by atoms with Gasteiger partial charge >= 0.3 is 0 Å². The summed E-state index contributed by atoms with van der Waals surface area (Å²) in [6.45, 7) is 6.60. The minimum Gasteiger partial charge on any atom is -0.362 e. The molecule has 0 saturated heterocycles. The number of carbonyl (C=O) groups excluding carboxylic acids is 2. The number of rotatable bonds is 4. The maximum Gasteiger partial charge on any atom is 0.251 e. The molecule has 5 nitrogen and oxygen atoms in total. The van der Waals surface area contributed by atoms with E-state index in [1.54, 1.807) is 0 Å². The van der Waals surface area contributed by atoms with Crippen LogP contribution in [0, 0.1) is 0 Å². The van der Waals surface area contributed by atoms with Crippen LogP contribution >= 0.6 is 0 Å². The van der Waals surface area contributed by atoms with Gasteiger partial charge in [-0.25, -0.2) is 0 Å². The molecule has 0 aromatic heterocycles. The van der Waals surface area contributed by atoms with E-state index in [0.717, 1.165) is 49.2 Å². The highest BCUT2D eigenvalue weighted by Crippen LogP contribution is 2.30. The van der Waals surface area contributed by atoms with Crippen LogP contribution in [0.15, 0.2) is 42.5 Å². The summed E-state index contributed by atoms with van der Waals surface area (Å²) in [5, 5.41) is 2.99. The molecule has 4 rings (SSSR count). The summed E-state index contributed by atoms with van der Waals surface area (Å²) in [5.74, 6) is 0.127. The van der Waals surface area contributed by atoms with Gasteiger partial charge in [0.05, 0.1) is 6.54 Å². The molecule has 1 N–H and O–H groups in total. The summed E-state index contributed by atoms with van der Waals surface area (Å²) in [4.78, 5) is 29.8. The second-order valence-electron chi connectivity index (χ2n) is 8.29. The fraction of sp³-hybridized carbons (Fsp3) is 0.417. The Kier molecular flexibility index (Phi) is 5.56. The van der Waals surface area contributed by atoms with E-state index >= 15 is 0 Å². The number of carbonyl (C=O) groups is 2. The highest BCUT2D eigenvalue weighted by molar-refractivity contribution is 5.97. The number of anilines is 1. The first-order valence-corrected chi connectivity index (χ1v) is 10.5. The minimum absolute atomic E-state index is 0.0299. The van der Waals surface area contributed by atoms with Gasteiger partial charge in [-0.1, -0.05) is 30.3 Å². The monoisotopic (exact) mass is 391 g/mol. The molecule has 0 unspecified atom stereocenters. The topological polar surface area (TPSA) is 52.7 Å². The van der Waals surface area contributed by atoms with E-state index in [0.29, 0.717) is 13.1 Å². The van der Waals surface area contributed by atoms with Gasteiger partial charge in [-0.15, -0.1) is 0 Å². The SMILES string of the molecule is CC(C)NC(=O)c1cccc2c1CCCN2CC(=O)N1CCc2ccccc2C1. The number of fused-ring (bicyclic) bond motifs is 2. The van der Waals surface area contributed by atoms with Crippen molar-refractivity contribution in [2.75, 3.05) is 24.5 Å². The van der Waals surface area contributed by atoms with Crippen molar-refractivity contribution in [3.8, 4) is 0 Å². The third-order valence-electron chi connectivity index (χ3n) is 5.82. The first-order chi connectivity index (χ1) is 14.0. The summed E-state index contributed by atoms with van der Waals surface area (Å²) < 4.78 is 0. The molecule has 2 aromatic carbocycles. The third-order valence-corrected chi connectivity index (χ3v) is 5.82. The minimum atomic E-state index is -0.0299. The van der Waals surface area contributed by atoms with Crippen molar-refractivity contribution in [3.63, 3.8) is 0 Å². The third kappa shape index (κ3) is 4.14. The van der Waals surface area contributed by atoms with Crippen LogP contribution in [0.3, 0.4) is 0 Å². The molecule has 0 fully saturated rings. The molecule has 2 heterocycles. The second kappa shape index (κ2) is 8.27. The molecular weight excluding hydrogens is 362 g/mol. The molecule has 2 aliphatic rings. The van der Waals surface area contributed by atoms with Crippen LogP contribution in [-0.4, -0.2) is 42.4 Å². The Labute approximate surface area is 172 Å². The standard InChI is InChI=1S/C24H29N3O2/c1-17(2)25-24(29)21-9-5-11-22-20(21)10-6-13-26(22)16-23(28)27-14-12-18-7-3-4-8-19(18)15-27/h3-5,7-9,11,17H,6,10,12-16H2,1-2H3,(H,25,29). The Hall–Kier alpha value is -2.82. The van der Waals surface area contributed by atoms with E-state index < -0.39 is 0 Å². The molecule has 152 valence electrons. The number of benzene rings is 2. The Morgan fingerprint density at radius 2 is 1.79 bits per heavy atom. The molecule has 0 aliphatic carbocycles. The first-order valence-electron chi connectivity index (χ1n) is 10.5. The smallest absolute Gasteiger partial charge is 0.251 e. The quantitative estimate of drug-likeness (QED) is 0.871. The molecule has 0 atom stereocenters. The normalized spacial score (nSPS) is 15.7. The van der Waals surface area contributed by atoms with Crippen LogP contribution in [0.25, 0.3) is 0 Å². The number of nitrogens with one attached hydrogen (secondary N) is 1. The van der Waals surface area contributed by atoms with Crippen LogP contribution in [0.1, 0.15) is 47.3 Å². The average molecular weight is 392 g/mol. The van der Waals surface area contributed by atoms with Gasteiger partial charge in [0.2, 0.25) is 5.91 Å². The zero-order valence-electron chi connectivity index (χ0n) is 17.3. The summed E-state index contributed by atoms with van der Waals surface area (Å²) in [5.41, 5.74) is 5.42. The predicted octanol–water partition coefficient (Wildman–Crippen LogP) is 3.16. The molecule has 29 heavy (non-hydrogen) atoms. The predicted molar refractivity (Wildman–Crippen MR) is 115 cm³/mol. The van der Waals surface area contributed by atoms with E-state index in [2.05, 4.69) is 28.4 Å². The maximum absolute atomic E-state index is 13.1. The summed E-state index contributed by atoms with van der Waals surface area (Å²) in [6, 6.07) is 14.3. The van der Waals surface area contributed by atoms with E-state index in [9.17, 15) is 9.59 Å². The van der Waals surface area contributed by atoms with Gasteiger partial charge in [0.15, 0.2) is 0 Å². The molecule has 5 heteroatoms. The first kappa shape index (κ1) is 19.5. The molecule has 2 amide bonds. The van der Waals surface area contributed by atoms with Crippen molar-refractivity contribution in [2.24, 2.45) is 0 Å². The van der Waals surface area contributed by atoms with Crippen LogP contribution in [0.5, 0.6) is 0 Å². The van der Waals surface area contributed by atoms with Crippen LogP contribution in [-0.2, 0) is 24.2 Å². The lowest BCUT2D eigenvalue weighted by molar-refractivity contribution is -0.130.